The molecule has 0 atom stereocenters. The van der Waals surface area contributed by atoms with Gasteiger partial charge in [-0.15, -0.1) is 0 Å². The quantitative estimate of drug-likeness (QED) is 0.560. The number of hydrogen-bond donors (Lipinski definition) is 3. The second-order valence-electron chi connectivity index (χ2n) is 2.93. The molecule has 1 heterocycles. The van der Waals surface area contributed by atoms with Crippen LogP contribution in [-0.2, 0) is 0 Å². The number of amides is 1. The van der Waals surface area contributed by atoms with E-state index in [9.17, 15) is 9.18 Å². The topological polar surface area (TPSA) is 98.0 Å². The summed E-state index contributed by atoms with van der Waals surface area (Å²) in [5, 5.41) is 21.4. The summed E-state index contributed by atoms with van der Waals surface area (Å²) in [4.78, 5) is 13.8. The molecule has 0 aliphatic heterocycles. The van der Waals surface area contributed by atoms with Crippen LogP contribution in [0.15, 0.2) is 6.07 Å². The predicted octanol–water partition coefficient (Wildman–Crippen LogP) is 1.43. The molecule has 17 heavy (non-hydrogen) atoms. The van der Waals surface area contributed by atoms with Crippen molar-refractivity contribution in [2.45, 2.75) is 0 Å². The molecular formula is C9H8ClFN4O2. The van der Waals surface area contributed by atoms with Crippen LogP contribution < -0.4 is 10.6 Å². The van der Waals surface area contributed by atoms with E-state index in [0.29, 0.717) is 0 Å². The molecule has 0 spiro atoms. The minimum atomic E-state index is -1.17. The van der Waals surface area contributed by atoms with E-state index in [1.807, 2.05) is 0 Å². The standard InChI is InChI=1S/C9H8ClFN4O2/c10-7-5(4-12)3-6(11)8(15-7)13-1-2-14-9(16)17/h3,14H,1-2H2,(H,13,15)(H,16,17). The first-order valence-corrected chi connectivity index (χ1v) is 4.89. The average Bonchev–Trinajstić information content (AvgIpc) is 2.28. The molecule has 0 fully saturated rings. The summed E-state index contributed by atoms with van der Waals surface area (Å²) < 4.78 is 13.3. The van der Waals surface area contributed by atoms with Crippen molar-refractivity contribution in [1.29, 1.82) is 5.26 Å². The van der Waals surface area contributed by atoms with E-state index in [1.165, 1.54) is 0 Å². The predicted molar refractivity (Wildman–Crippen MR) is 58.4 cm³/mol. The maximum atomic E-state index is 13.3. The van der Waals surface area contributed by atoms with Crippen molar-refractivity contribution in [3.05, 3.63) is 22.6 Å². The number of aromatic nitrogens is 1. The molecule has 1 rings (SSSR count). The fourth-order valence-corrected chi connectivity index (χ4v) is 1.20. The van der Waals surface area contributed by atoms with E-state index in [-0.39, 0.29) is 29.6 Å². The Morgan fingerprint density at radius 1 is 1.65 bits per heavy atom. The Kier molecular flexibility index (Phi) is 4.48. The van der Waals surface area contributed by atoms with Gasteiger partial charge in [-0.1, -0.05) is 11.6 Å². The summed E-state index contributed by atoms with van der Waals surface area (Å²) in [6.45, 7) is 0.243. The second kappa shape index (κ2) is 5.86. The van der Waals surface area contributed by atoms with Gasteiger partial charge in [0.1, 0.15) is 11.2 Å². The van der Waals surface area contributed by atoms with Crippen LogP contribution in [0.1, 0.15) is 5.56 Å². The highest BCUT2D eigenvalue weighted by Gasteiger charge is 2.09. The lowest BCUT2D eigenvalue weighted by Gasteiger charge is -2.07. The van der Waals surface area contributed by atoms with Crippen LogP contribution in [0.25, 0.3) is 0 Å². The lowest BCUT2D eigenvalue weighted by molar-refractivity contribution is 0.195. The monoisotopic (exact) mass is 258 g/mol. The Balaban J connectivity index is 2.63. The van der Waals surface area contributed by atoms with Crippen LogP contribution in [0.3, 0.4) is 0 Å². The van der Waals surface area contributed by atoms with Crippen molar-refractivity contribution < 1.29 is 14.3 Å². The summed E-state index contributed by atoms with van der Waals surface area (Å²) in [6, 6.07) is 2.65. The van der Waals surface area contributed by atoms with Crippen molar-refractivity contribution >= 4 is 23.5 Å². The number of carboxylic acid groups (broad SMARTS) is 1. The molecular weight excluding hydrogens is 251 g/mol. The Morgan fingerprint density at radius 3 is 2.94 bits per heavy atom. The number of carbonyl (C=O) groups is 1. The van der Waals surface area contributed by atoms with Crippen LogP contribution in [-0.4, -0.2) is 29.3 Å². The van der Waals surface area contributed by atoms with Crippen molar-refractivity contribution in [2.75, 3.05) is 18.4 Å². The summed E-state index contributed by atoms with van der Waals surface area (Å²) in [6.07, 6.45) is -1.17. The van der Waals surface area contributed by atoms with Crippen LogP contribution in [0, 0.1) is 17.1 Å². The van der Waals surface area contributed by atoms with E-state index < -0.39 is 11.9 Å². The molecule has 0 bridgehead atoms. The zero-order valence-corrected chi connectivity index (χ0v) is 9.25. The van der Waals surface area contributed by atoms with E-state index in [0.717, 1.165) is 6.07 Å². The highest BCUT2D eigenvalue weighted by atomic mass is 35.5. The van der Waals surface area contributed by atoms with Crippen molar-refractivity contribution in [2.24, 2.45) is 0 Å². The molecule has 90 valence electrons. The Morgan fingerprint density at radius 2 is 2.35 bits per heavy atom. The number of halogens is 2. The molecule has 1 aromatic rings. The lowest BCUT2D eigenvalue weighted by Crippen LogP contribution is -2.27. The fourth-order valence-electron chi connectivity index (χ4n) is 1.02. The summed E-state index contributed by atoms with van der Waals surface area (Å²) in [5.74, 6) is -0.845. The number of hydrogen-bond acceptors (Lipinski definition) is 4. The first kappa shape index (κ1) is 13.0. The van der Waals surface area contributed by atoms with Crippen LogP contribution in [0.5, 0.6) is 0 Å². The SMILES string of the molecule is N#Cc1cc(F)c(NCCNC(=O)O)nc1Cl. The summed E-state index contributed by atoms with van der Waals surface area (Å²) in [5.41, 5.74) is -0.0571. The molecule has 6 nitrogen and oxygen atoms in total. The van der Waals surface area contributed by atoms with Gasteiger partial charge in [0.05, 0.1) is 5.56 Å². The van der Waals surface area contributed by atoms with Gasteiger partial charge in [0, 0.05) is 13.1 Å². The molecule has 0 radical (unpaired) electrons. The number of pyridine rings is 1. The van der Waals surface area contributed by atoms with E-state index in [1.54, 1.807) is 6.07 Å². The zero-order valence-electron chi connectivity index (χ0n) is 8.50. The minimum Gasteiger partial charge on any atom is -0.465 e. The Bertz CT molecular complexity index is 475. The van der Waals surface area contributed by atoms with Gasteiger partial charge < -0.3 is 15.7 Å². The largest absolute Gasteiger partial charge is 0.465 e. The first-order chi connectivity index (χ1) is 8.04. The van der Waals surface area contributed by atoms with Gasteiger partial charge in [0.2, 0.25) is 0 Å². The van der Waals surface area contributed by atoms with Gasteiger partial charge >= 0.3 is 6.09 Å². The molecule has 0 saturated heterocycles. The van der Waals surface area contributed by atoms with Crippen LogP contribution in [0.4, 0.5) is 15.0 Å². The molecule has 0 aliphatic carbocycles. The van der Waals surface area contributed by atoms with Gasteiger partial charge in [0.25, 0.3) is 0 Å². The van der Waals surface area contributed by atoms with Gasteiger partial charge in [0.15, 0.2) is 11.6 Å². The van der Waals surface area contributed by atoms with Gasteiger partial charge in [-0.05, 0) is 6.07 Å². The molecule has 0 unspecified atom stereocenters. The molecule has 0 saturated carbocycles. The molecule has 3 N–H and O–H groups in total. The lowest BCUT2D eigenvalue weighted by atomic mass is 10.3. The minimum absolute atomic E-state index is 0.0571. The first-order valence-electron chi connectivity index (χ1n) is 4.51. The summed E-state index contributed by atoms with van der Waals surface area (Å²) >= 11 is 5.61. The maximum Gasteiger partial charge on any atom is 0.404 e. The smallest absolute Gasteiger partial charge is 0.404 e. The number of nitriles is 1. The van der Waals surface area contributed by atoms with Gasteiger partial charge in [-0.25, -0.2) is 14.2 Å². The molecule has 0 aliphatic rings. The molecule has 0 aromatic carbocycles. The maximum absolute atomic E-state index is 13.3. The molecule has 8 heteroatoms. The number of rotatable bonds is 4. The molecule has 1 amide bonds. The van der Waals surface area contributed by atoms with E-state index in [4.69, 9.17) is 22.0 Å². The highest BCUT2D eigenvalue weighted by molar-refractivity contribution is 6.30. The number of nitrogens with zero attached hydrogens (tertiary/aromatic N) is 2. The Labute approximate surface area is 101 Å². The van der Waals surface area contributed by atoms with Gasteiger partial charge in [-0.3, -0.25) is 0 Å². The molecule has 1 aromatic heterocycles. The normalized spacial score (nSPS) is 9.47. The highest BCUT2D eigenvalue weighted by Crippen LogP contribution is 2.19. The third-order valence-electron chi connectivity index (χ3n) is 1.74. The zero-order chi connectivity index (χ0) is 12.8. The van der Waals surface area contributed by atoms with Crippen molar-refractivity contribution in [1.82, 2.24) is 10.3 Å². The average molecular weight is 259 g/mol. The van der Waals surface area contributed by atoms with E-state index >= 15 is 0 Å². The second-order valence-corrected chi connectivity index (χ2v) is 3.29. The van der Waals surface area contributed by atoms with E-state index in [2.05, 4.69) is 15.6 Å². The number of nitrogens with one attached hydrogen (secondary N) is 2. The van der Waals surface area contributed by atoms with Crippen LogP contribution >= 0.6 is 11.6 Å². The van der Waals surface area contributed by atoms with Crippen molar-refractivity contribution in [3.63, 3.8) is 0 Å². The van der Waals surface area contributed by atoms with Gasteiger partial charge in [-0.2, -0.15) is 5.26 Å². The summed E-state index contributed by atoms with van der Waals surface area (Å²) in [7, 11) is 0. The van der Waals surface area contributed by atoms with Crippen molar-refractivity contribution in [3.8, 4) is 6.07 Å². The fraction of sp³-hybridized carbons (Fsp3) is 0.222. The Hall–Kier alpha value is -2.07. The number of anilines is 1. The third-order valence-corrected chi connectivity index (χ3v) is 2.03. The van der Waals surface area contributed by atoms with Crippen LogP contribution in [0.2, 0.25) is 5.15 Å². The third kappa shape index (κ3) is 3.77.